The number of halogens is 1. The van der Waals surface area contributed by atoms with Crippen LogP contribution >= 0.6 is 0 Å². The maximum atomic E-state index is 12.8. The van der Waals surface area contributed by atoms with Crippen LogP contribution in [0.1, 0.15) is 15.9 Å². The molecule has 0 saturated carbocycles. The van der Waals surface area contributed by atoms with Gasteiger partial charge in [-0.1, -0.05) is 6.58 Å². The van der Waals surface area contributed by atoms with Crippen molar-refractivity contribution in [2.75, 3.05) is 7.11 Å². The van der Waals surface area contributed by atoms with E-state index in [1.54, 1.807) is 0 Å². The average molecular weight is 179 g/mol. The van der Waals surface area contributed by atoms with Crippen LogP contribution in [0.3, 0.4) is 0 Å². The van der Waals surface area contributed by atoms with Gasteiger partial charge in [0.25, 0.3) is 0 Å². The van der Waals surface area contributed by atoms with Crippen LogP contribution in [0.5, 0.6) is 0 Å². The van der Waals surface area contributed by atoms with Gasteiger partial charge in [-0.2, -0.15) is 0 Å². The van der Waals surface area contributed by atoms with E-state index in [2.05, 4.69) is 17.4 Å². The second-order valence-electron chi connectivity index (χ2n) is 2.40. The number of ether oxygens (including phenoxy) is 1. The Bertz CT molecular complexity index is 345. The number of hydrogen-bond acceptors (Lipinski definition) is 2. The molecule has 0 aromatic heterocycles. The van der Waals surface area contributed by atoms with Crippen LogP contribution in [0.25, 0.3) is 0 Å². The van der Waals surface area contributed by atoms with Gasteiger partial charge in [-0.25, -0.2) is 9.18 Å². The van der Waals surface area contributed by atoms with Crippen molar-refractivity contribution in [1.82, 2.24) is 0 Å². The lowest BCUT2D eigenvalue weighted by Gasteiger charge is -2.00. The van der Waals surface area contributed by atoms with Crippen molar-refractivity contribution < 1.29 is 13.9 Å². The van der Waals surface area contributed by atoms with E-state index in [-0.39, 0.29) is 5.56 Å². The third kappa shape index (κ3) is 2.15. The van der Waals surface area contributed by atoms with Gasteiger partial charge >= 0.3 is 5.97 Å². The van der Waals surface area contributed by atoms with Crippen molar-refractivity contribution in [1.29, 1.82) is 0 Å². The smallest absolute Gasteiger partial charge is 0.337 e. The number of esters is 1. The predicted octanol–water partition coefficient (Wildman–Crippen LogP) is 1.95. The Hall–Kier alpha value is -1.64. The van der Waals surface area contributed by atoms with Gasteiger partial charge in [0.2, 0.25) is 0 Å². The predicted molar refractivity (Wildman–Crippen MR) is 45.7 cm³/mol. The second-order valence-corrected chi connectivity index (χ2v) is 2.40. The summed E-state index contributed by atoms with van der Waals surface area (Å²) in [6, 6.07) is 3.80. The molecule has 0 aliphatic carbocycles. The summed E-state index contributed by atoms with van der Waals surface area (Å²) in [5.41, 5.74) is 0.592. The van der Waals surface area contributed by atoms with Gasteiger partial charge in [-0.05, 0) is 29.8 Å². The zero-order chi connectivity index (χ0) is 9.84. The molecule has 0 saturated heterocycles. The lowest BCUT2D eigenvalue weighted by atomic mass is 10.1. The molecule has 0 fully saturated rings. The molecule has 13 heavy (non-hydrogen) atoms. The Morgan fingerprint density at radius 2 is 2.23 bits per heavy atom. The molecule has 1 radical (unpaired) electrons. The van der Waals surface area contributed by atoms with Crippen LogP contribution in [0.4, 0.5) is 4.39 Å². The molecule has 0 unspecified atom stereocenters. The van der Waals surface area contributed by atoms with E-state index in [1.807, 2.05) is 0 Å². The fraction of sp³-hybridized carbons (Fsp3) is 0.100. The number of benzene rings is 1. The fourth-order valence-corrected chi connectivity index (χ4v) is 0.927. The molecule has 0 bridgehead atoms. The summed E-state index contributed by atoms with van der Waals surface area (Å²) in [6.45, 7) is 3.35. The quantitative estimate of drug-likeness (QED) is 0.648. The number of carbonyl (C=O) groups excluding carboxylic acids is 1. The number of methoxy groups -OCH3 is 1. The molecule has 2 nitrogen and oxygen atoms in total. The third-order valence-electron chi connectivity index (χ3n) is 1.52. The highest BCUT2D eigenvalue weighted by atomic mass is 19.1. The van der Waals surface area contributed by atoms with Crippen LogP contribution < -0.4 is 0 Å². The zero-order valence-electron chi connectivity index (χ0n) is 7.13. The summed E-state index contributed by atoms with van der Waals surface area (Å²) >= 11 is 0. The first-order valence-corrected chi connectivity index (χ1v) is 3.59. The molecule has 0 spiro atoms. The minimum atomic E-state index is -0.573. The minimum Gasteiger partial charge on any atom is -0.465 e. The van der Waals surface area contributed by atoms with E-state index >= 15 is 0 Å². The first-order chi connectivity index (χ1) is 6.17. The number of hydrogen-bond donors (Lipinski definition) is 0. The molecule has 1 aromatic rings. The van der Waals surface area contributed by atoms with Gasteiger partial charge < -0.3 is 4.74 Å². The first-order valence-electron chi connectivity index (χ1n) is 3.59. The van der Waals surface area contributed by atoms with Crippen molar-refractivity contribution >= 4 is 5.97 Å². The molecule has 3 heteroatoms. The van der Waals surface area contributed by atoms with Crippen molar-refractivity contribution in [3.8, 4) is 0 Å². The van der Waals surface area contributed by atoms with Crippen molar-refractivity contribution in [2.24, 2.45) is 0 Å². The van der Waals surface area contributed by atoms with Gasteiger partial charge in [0.1, 0.15) is 5.82 Å². The topological polar surface area (TPSA) is 26.3 Å². The molecule has 1 aromatic carbocycles. The summed E-state index contributed by atoms with van der Waals surface area (Å²) < 4.78 is 17.3. The molecule has 67 valence electrons. The number of rotatable bonds is 2. The Labute approximate surface area is 75.6 Å². The van der Waals surface area contributed by atoms with E-state index in [1.165, 1.54) is 19.2 Å². The van der Waals surface area contributed by atoms with E-state index < -0.39 is 11.8 Å². The maximum Gasteiger partial charge on any atom is 0.337 e. The van der Waals surface area contributed by atoms with Crippen LogP contribution in [-0.2, 0) is 4.74 Å². The van der Waals surface area contributed by atoms with Crippen LogP contribution in [0.2, 0.25) is 0 Å². The molecule has 0 N–H and O–H groups in total. The zero-order valence-corrected chi connectivity index (χ0v) is 7.13. The van der Waals surface area contributed by atoms with Gasteiger partial charge in [-0.15, -0.1) is 0 Å². The van der Waals surface area contributed by atoms with Gasteiger partial charge in [-0.3, -0.25) is 0 Å². The van der Waals surface area contributed by atoms with Crippen molar-refractivity contribution in [3.05, 3.63) is 47.8 Å². The van der Waals surface area contributed by atoms with E-state index in [0.29, 0.717) is 5.56 Å². The summed E-state index contributed by atoms with van der Waals surface area (Å²) in [6.07, 6.45) is 2.49. The van der Waals surface area contributed by atoms with E-state index in [9.17, 15) is 9.18 Å². The largest absolute Gasteiger partial charge is 0.465 e. The Morgan fingerprint density at radius 1 is 1.54 bits per heavy atom. The third-order valence-corrected chi connectivity index (χ3v) is 1.52. The Morgan fingerprint density at radius 3 is 2.77 bits per heavy atom. The van der Waals surface area contributed by atoms with Crippen molar-refractivity contribution in [2.45, 2.75) is 0 Å². The molecule has 0 amide bonds. The average Bonchev–Trinajstić information content (AvgIpc) is 2.15. The SMILES string of the molecule is C=[C]c1cc(F)cc(C(=O)OC)c1. The molecule has 0 atom stereocenters. The standard InChI is InChI=1S/C10H8FO2/c1-3-7-4-8(10(12)13-2)6-9(11)5-7/h4-6H,1H2,2H3. The summed E-state index contributed by atoms with van der Waals surface area (Å²) in [5.74, 6) is -1.08. The van der Waals surface area contributed by atoms with Gasteiger partial charge in [0.05, 0.1) is 12.7 Å². The molecule has 1 rings (SSSR count). The lowest BCUT2D eigenvalue weighted by Crippen LogP contribution is -2.02. The fourth-order valence-electron chi connectivity index (χ4n) is 0.927. The Balaban J connectivity index is 3.15. The summed E-state index contributed by atoms with van der Waals surface area (Å²) in [4.78, 5) is 11.0. The number of carbonyl (C=O) groups is 1. The van der Waals surface area contributed by atoms with E-state index in [0.717, 1.165) is 6.07 Å². The first kappa shape index (κ1) is 9.45. The maximum absolute atomic E-state index is 12.8. The highest BCUT2D eigenvalue weighted by Gasteiger charge is 2.07. The normalized spacial score (nSPS) is 9.38. The van der Waals surface area contributed by atoms with Gasteiger partial charge in [0, 0.05) is 0 Å². The Kier molecular flexibility index (Phi) is 2.80. The second kappa shape index (κ2) is 3.85. The van der Waals surface area contributed by atoms with Crippen molar-refractivity contribution in [3.63, 3.8) is 0 Å². The van der Waals surface area contributed by atoms with Crippen LogP contribution in [0, 0.1) is 11.9 Å². The van der Waals surface area contributed by atoms with Gasteiger partial charge in [0.15, 0.2) is 0 Å². The highest BCUT2D eigenvalue weighted by Crippen LogP contribution is 2.09. The molecular formula is C10H8FO2. The molecule has 0 heterocycles. The lowest BCUT2D eigenvalue weighted by molar-refractivity contribution is 0.0600. The monoisotopic (exact) mass is 179 g/mol. The summed E-state index contributed by atoms with van der Waals surface area (Å²) in [7, 11) is 1.24. The van der Waals surface area contributed by atoms with E-state index in [4.69, 9.17) is 0 Å². The molecule has 0 aliphatic heterocycles. The molecular weight excluding hydrogens is 171 g/mol. The van der Waals surface area contributed by atoms with Crippen LogP contribution in [0.15, 0.2) is 24.8 Å². The minimum absolute atomic E-state index is 0.161. The highest BCUT2D eigenvalue weighted by molar-refractivity contribution is 5.89. The molecule has 0 aliphatic rings. The van der Waals surface area contributed by atoms with Crippen LogP contribution in [-0.4, -0.2) is 13.1 Å². The summed E-state index contributed by atoms with van der Waals surface area (Å²) in [5, 5.41) is 0.